The van der Waals surface area contributed by atoms with Crippen LogP contribution in [0.1, 0.15) is 22.4 Å². The number of nitrogens with one attached hydrogen (secondary N) is 1. The van der Waals surface area contributed by atoms with Gasteiger partial charge in [0, 0.05) is 24.4 Å². The molecule has 0 atom stereocenters. The van der Waals surface area contributed by atoms with Crippen LogP contribution in [0.15, 0.2) is 35.4 Å². The van der Waals surface area contributed by atoms with Crippen LogP contribution < -0.4 is 15.6 Å². The lowest BCUT2D eigenvalue weighted by Gasteiger charge is -2.08. The third-order valence-electron chi connectivity index (χ3n) is 4.63. The predicted octanol–water partition coefficient (Wildman–Crippen LogP) is 2.83. The zero-order valence-corrected chi connectivity index (χ0v) is 16.6. The van der Waals surface area contributed by atoms with Crippen molar-refractivity contribution in [1.82, 2.24) is 14.9 Å². The summed E-state index contributed by atoms with van der Waals surface area (Å²) in [5, 5.41) is 3.56. The van der Waals surface area contributed by atoms with E-state index in [2.05, 4.69) is 10.3 Å². The van der Waals surface area contributed by atoms with E-state index in [9.17, 15) is 9.59 Å². The SMILES string of the molecule is COc1ccc(CCNC(=O)CCn2cnc3sc(C)c(C)c3c2=O)cc1. The number of nitrogens with zero attached hydrogens (tertiary/aromatic N) is 2. The molecule has 0 spiro atoms. The number of thiophene rings is 1. The summed E-state index contributed by atoms with van der Waals surface area (Å²) in [6.45, 7) is 4.81. The number of aryl methyl sites for hydroxylation is 3. The van der Waals surface area contributed by atoms with E-state index in [1.165, 1.54) is 22.2 Å². The number of fused-ring (bicyclic) bond motifs is 1. The smallest absolute Gasteiger partial charge is 0.262 e. The van der Waals surface area contributed by atoms with Gasteiger partial charge in [-0.2, -0.15) is 0 Å². The molecule has 0 bridgehead atoms. The molecule has 2 heterocycles. The van der Waals surface area contributed by atoms with Crippen molar-refractivity contribution in [2.45, 2.75) is 33.2 Å². The fourth-order valence-electron chi connectivity index (χ4n) is 2.88. The van der Waals surface area contributed by atoms with Crippen molar-refractivity contribution in [1.29, 1.82) is 0 Å². The second-order valence-corrected chi connectivity index (χ2v) is 7.61. The molecule has 6 nitrogen and oxygen atoms in total. The Morgan fingerprint density at radius 3 is 2.70 bits per heavy atom. The highest BCUT2D eigenvalue weighted by Gasteiger charge is 2.12. The van der Waals surface area contributed by atoms with Gasteiger partial charge in [0.15, 0.2) is 0 Å². The van der Waals surface area contributed by atoms with Crippen molar-refractivity contribution in [2.24, 2.45) is 0 Å². The molecule has 0 saturated heterocycles. The van der Waals surface area contributed by atoms with Gasteiger partial charge >= 0.3 is 0 Å². The molecule has 1 N–H and O–H groups in total. The average Bonchev–Trinajstić information content (AvgIpc) is 2.96. The van der Waals surface area contributed by atoms with E-state index in [0.29, 0.717) is 18.5 Å². The van der Waals surface area contributed by atoms with Crippen LogP contribution in [0.25, 0.3) is 10.2 Å². The molecule has 0 aliphatic carbocycles. The second kappa shape index (κ2) is 8.35. The summed E-state index contributed by atoms with van der Waals surface area (Å²) in [7, 11) is 1.63. The molecule has 0 fully saturated rings. The molecule has 1 aromatic carbocycles. The number of methoxy groups -OCH3 is 1. The van der Waals surface area contributed by atoms with E-state index in [0.717, 1.165) is 33.0 Å². The Hall–Kier alpha value is -2.67. The van der Waals surface area contributed by atoms with Gasteiger partial charge in [0.25, 0.3) is 5.56 Å². The predicted molar refractivity (Wildman–Crippen MR) is 108 cm³/mol. The van der Waals surface area contributed by atoms with Gasteiger partial charge in [-0.1, -0.05) is 12.1 Å². The molecule has 0 radical (unpaired) electrons. The zero-order chi connectivity index (χ0) is 19.4. The van der Waals surface area contributed by atoms with Crippen LogP contribution in [0.5, 0.6) is 5.75 Å². The van der Waals surface area contributed by atoms with Crippen molar-refractivity contribution in [3.05, 3.63) is 57.0 Å². The largest absolute Gasteiger partial charge is 0.497 e. The maximum Gasteiger partial charge on any atom is 0.262 e. The first-order valence-corrected chi connectivity index (χ1v) is 9.66. The van der Waals surface area contributed by atoms with Crippen LogP contribution in [0.2, 0.25) is 0 Å². The highest BCUT2D eigenvalue weighted by atomic mass is 32.1. The molecule has 0 aliphatic heterocycles. The number of aromatic nitrogens is 2. The van der Waals surface area contributed by atoms with Gasteiger partial charge in [0.05, 0.1) is 18.8 Å². The lowest BCUT2D eigenvalue weighted by atomic mass is 10.1. The van der Waals surface area contributed by atoms with E-state index in [1.54, 1.807) is 7.11 Å². The first kappa shape index (κ1) is 19.1. The molecule has 27 heavy (non-hydrogen) atoms. The molecule has 0 saturated carbocycles. The normalized spacial score (nSPS) is 10.9. The van der Waals surface area contributed by atoms with Crippen LogP contribution in [0.4, 0.5) is 0 Å². The molecule has 1 amide bonds. The number of benzene rings is 1. The number of carbonyl (C=O) groups is 1. The number of amides is 1. The Bertz CT molecular complexity index is 1010. The van der Waals surface area contributed by atoms with Gasteiger partial charge in [0.1, 0.15) is 10.6 Å². The Morgan fingerprint density at radius 2 is 2.00 bits per heavy atom. The molecule has 3 rings (SSSR count). The minimum Gasteiger partial charge on any atom is -0.497 e. The summed E-state index contributed by atoms with van der Waals surface area (Å²) in [6.07, 6.45) is 2.53. The lowest BCUT2D eigenvalue weighted by molar-refractivity contribution is -0.121. The van der Waals surface area contributed by atoms with Crippen LogP contribution in [0, 0.1) is 13.8 Å². The summed E-state index contributed by atoms with van der Waals surface area (Å²) >= 11 is 1.53. The summed E-state index contributed by atoms with van der Waals surface area (Å²) in [4.78, 5) is 30.9. The fraction of sp³-hybridized carbons (Fsp3) is 0.350. The molecular formula is C20H23N3O3S. The quantitative estimate of drug-likeness (QED) is 0.679. The van der Waals surface area contributed by atoms with Crippen LogP contribution in [-0.2, 0) is 17.8 Å². The Balaban J connectivity index is 1.53. The molecule has 7 heteroatoms. The molecular weight excluding hydrogens is 362 g/mol. The maximum absolute atomic E-state index is 12.6. The van der Waals surface area contributed by atoms with E-state index >= 15 is 0 Å². The molecule has 0 aliphatic rings. The van der Waals surface area contributed by atoms with E-state index in [4.69, 9.17) is 4.74 Å². The van der Waals surface area contributed by atoms with Crippen molar-refractivity contribution >= 4 is 27.5 Å². The maximum atomic E-state index is 12.6. The Kier molecular flexibility index (Phi) is 5.91. The third-order valence-corrected chi connectivity index (χ3v) is 5.75. The minimum absolute atomic E-state index is 0.0753. The van der Waals surface area contributed by atoms with Crippen molar-refractivity contribution < 1.29 is 9.53 Å². The summed E-state index contributed by atoms with van der Waals surface area (Å²) < 4.78 is 6.65. The molecule has 0 unspecified atom stereocenters. The van der Waals surface area contributed by atoms with Crippen molar-refractivity contribution in [3.63, 3.8) is 0 Å². The Labute approximate surface area is 161 Å². The topological polar surface area (TPSA) is 73.2 Å². The first-order chi connectivity index (χ1) is 13.0. The third kappa shape index (κ3) is 4.36. The van der Waals surface area contributed by atoms with Crippen molar-refractivity contribution in [2.75, 3.05) is 13.7 Å². The number of carbonyl (C=O) groups excluding carboxylic acids is 1. The van der Waals surface area contributed by atoms with Crippen molar-refractivity contribution in [3.8, 4) is 5.75 Å². The summed E-state index contributed by atoms with van der Waals surface area (Å²) in [6, 6.07) is 7.77. The van der Waals surface area contributed by atoms with Crippen LogP contribution in [-0.4, -0.2) is 29.1 Å². The molecule has 3 aromatic rings. The van der Waals surface area contributed by atoms with Gasteiger partial charge in [-0.25, -0.2) is 4.98 Å². The standard InChI is InChI=1S/C20H23N3O3S/c1-13-14(2)27-19-18(13)20(25)23(12-22-19)11-9-17(24)21-10-8-15-4-6-16(26-3)7-5-15/h4-7,12H,8-11H2,1-3H3,(H,21,24). The number of ether oxygens (including phenoxy) is 1. The number of hydrogen-bond donors (Lipinski definition) is 1. The first-order valence-electron chi connectivity index (χ1n) is 8.84. The van der Waals surface area contributed by atoms with Gasteiger partial charge in [-0.3, -0.25) is 14.2 Å². The van der Waals surface area contributed by atoms with Gasteiger partial charge < -0.3 is 10.1 Å². The molecule has 142 valence electrons. The minimum atomic E-state index is -0.0760. The van der Waals surface area contributed by atoms with Crippen LogP contribution >= 0.6 is 11.3 Å². The van der Waals surface area contributed by atoms with E-state index in [-0.39, 0.29) is 17.9 Å². The number of hydrogen-bond acceptors (Lipinski definition) is 5. The van der Waals surface area contributed by atoms with Crippen LogP contribution in [0.3, 0.4) is 0 Å². The van der Waals surface area contributed by atoms with Gasteiger partial charge in [-0.05, 0) is 43.5 Å². The van der Waals surface area contributed by atoms with Gasteiger partial charge in [0.2, 0.25) is 5.91 Å². The second-order valence-electron chi connectivity index (χ2n) is 6.40. The number of rotatable bonds is 7. The highest BCUT2D eigenvalue weighted by molar-refractivity contribution is 7.18. The fourth-order valence-corrected chi connectivity index (χ4v) is 3.87. The average molecular weight is 385 g/mol. The summed E-state index contributed by atoms with van der Waals surface area (Å²) in [5.41, 5.74) is 2.03. The lowest BCUT2D eigenvalue weighted by Crippen LogP contribution is -2.29. The highest BCUT2D eigenvalue weighted by Crippen LogP contribution is 2.25. The molecule has 2 aromatic heterocycles. The van der Waals surface area contributed by atoms with Gasteiger partial charge in [-0.15, -0.1) is 11.3 Å². The summed E-state index contributed by atoms with van der Waals surface area (Å²) in [5.74, 6) is 0.739. The zero-order valence-electron chi connectivity index (χ0n) is 15.7. The van der Waals surface area contributed by atoms with E-state index < -0.39 is 0 Å². The Morgan fingerprint density at radius 1 is 1.26 bits per heavy atom. The monoisotopic (exact) mass is 385 g/mol. The van der Waals surface area contributed by atoms with E-state index in [1.807, 2.05) is 38.1 Å².